The molecule has 1 unspecified atom stereocenters. The van der Waals surface area contributed by atoms with Gasteiger partial charge in [-0.05, 0) is 24.6 Å². The molecule has 88 valence electrons. The molecule has 0 aromatic heterocycles. The fourth-order valence-electron chi connectivity index (χ4n) is 1.33. The first-order valence-electron chi connectivity index (χ1n) is 4.87. The molecule has 1 rings (SSSR count). The predicted molar refractivity (Wildman–Crippen MR) is 58.9 cm³/mol. The first-order chi connectivity index (χ1) is 7.49. The van der Waals surface area contributed by atoms with Crippen LogP contribution in [0, 0.1) is 0 Å². The third-order valence-electron chi connectivity index (χ3n) is 2.03. The summed E-state index contributed by atoms with van der Waals surface area (Å²) in [4.78, 5) is 11.8. The number of aliphatic hydroxyl groups is 1. The Balaban J connectivity index is 2.68. The van der Waals surface area contributed by atoms with E-state index in [-0.39, 0.29) is 13.1 Å². The number of aliphatic hydroxyl groups excluding tert-OH is 1. The predicted octanol–water partition coefficient (Wildman–Crippen LogP) is 0.866. The summed E-state index contributed by atoms with van der Waals surface area (Å²) in [5.74, 6) is 0. The average molecular weight is 243 g/mol. The van der Waals surface area contributed by atoms with E-state index in [1.54, 1.807) is 24.3 Å². The lowest BCUT2D eigenvalue weighted by molar-refractivity contribution is -0.267. The van der Waals surface area contributed by atoms with Crippen LogP contribution in [-0.4, -0.2) is 28.7 Å². The minimum absolute atomic E-state index is 0.0327. The SMILES string of the molecule is CC(O)CN(Cc1ccc(Cl)cc1)C(=O)[O-]. The monoisotopic (exact) mass is 242 g/mol. The van der Waals surface area contributed by atoms with E-state index >= 15 is 0 Å². The molecule has 1 N–H and O–H groups in total. The first kappa shape index (κ1) is 12.8. The summed E-state index contributed by atoms with van der Waals surface area (Å²) in [6, 6.07) is 6.85. The Kier molecular flexibility index (Phi) is 4.58. The summed E-state index contributed by atoms with van der Waals surface area (Å²) in [5, 5.41) is 20.5. The van der Waals surface area contributed by atoms with Crippen molar-refractivity contribution < 1.29 is 15.0 Å². The van der Waals surface area contributed by atoms with E-state index in [0.29, 0.717) is 5.02 Å². The van der Waals surface area contributed by atoms with Crippen LogP contribution in [-0.2, 0) is 6.54 Å². The van der Waals surface area contributed by atoms with Gasteiger partial charge < -0.3 is 19.9 Å². The number of rotatable bonds is 4. The lowest BCUT2D eigenvalue weighted by Crippen LogP contribution is -2.43. The van der Waals surface area contributed by atoms with Gasteiger partial charge in [0.15, 0.2) is 0 Å². The first-order valence-corrected chi connectivity index (χ1v) is 5.25. The van der Waals surface area contributed by atoms with Gasteiger partial charge in [-0.1, -0.05) is 23.7 Å². The van der Waals surface area contributed by atoms with E-state index in [2.05, 4.69) is 0 Å². The number of carbonyl (C=O) groups is 1. The van der Waals surface area contributed by atoms with Crippen LogP contribution in [0.15, 0.2) is 24.3 Å². The van der Waals surface area contributed by atoms with Gasteiger partial charge in [-0.15, -0.1) is 0 Å². The van der Waals surface area contributed by atoms with Crippen LogP contribution in [0.4, 0.5) is 4.79 Å². The second-order valence-corrected chi connectivity index (χ2v) is 4.06. The van der Waals surface area contributed by atoms with E-state index in [4.69, 9.17) is 16.7 Å². The molecule has 16 heavy (non-hydrogen) atoms. The van der Waals surface area contributed by atoms with E-state index in [0.717, 1.165) is 10.5 Å². The number of hydrogen-bond donors (Lipinski definition) is 1. The molecule has 5 heteroatoms. The summed E-state index contributed by atoms with van der Waals surface area (Å²) in [6.45, 7) is 1.74. The minimum atomic E-state index is -1.30. The van der Waals surface area contributed by atoms with Gasteiger partial charge in [0.05, 0.1) is 6.10 Å². The Morgan fingerprint density at radius 2 is 2.06 bits per heavy atom. The normalized spacial score (nSPS) is 12.2. The van der Waals surface area contributed by atoms with Crippen molar-refractivity contribution in [3.63, 3.8) is 0 Å². The summed E-state index contributed by atoms with van der Waals surface area (Å²) in [5.41, 5.74) is 0.800. The van der Waals surface area contributed by atoms with Crippen LogP contribution in [0.25, 0.3) is 0 Å². The molecule has 1 amide bonds. The van der Waals surface area contributed by atoms with Crippen LogP contribution in [0.1, 0.15) is 12.5 Å². The number of nitrogens with zero attached hydrogens (tertiary/aromatic N) is 1. The Morgan fingerprint density at radius 3 is 2.50 bits per heavy atom. The van der Waals surface area contributed by atoms with Crippen molar-refractivity contribution >= 4 is 17.7 Å². The third kappa shape index (κ3) is 4.08. The van der Waals surface area contributed by atoms with Gasteiger partial charge in [0, 0.05) is 18.1 Å². The van der Waals surface area contributed by atoms with Crippen LogP contribution < -0.4 is 5.11 Å². The standard InChI is InChI=1S/C11H14ClNO3/c1-8(14)6-13(11(15)16)7-9-2-4-10(12)5-3-9/h2-5,8,14H,6-7H2,1H3,(H,15,16)/p-1. The van der Waals surface area contributed by atoms with Gasteiger partial charge in [0.25, 0.3) is 0 Å². The fourth-order valence-corrected chi connectivity index (χ4v) is 1.46. The molecular weight excluding hydrogens is 230 g/mol. The number of carbonyl (C=O) groups excluding carboxylic acids is 1. The van der Waals surface area contributed by atoms with Gasteiger partial charge in [0.2, 0.25) is 0 Å². The smallest absolute Gasteiger partial charge is 0.137 e. The van der Waals surface area contributed by atoms with Crippen LogP contribution in [0.5, 0.6) is 0 Å². The highest BCUT2D eigenvalue weighted by Crippen LogP contribution is 2.11. The third-order valence-corrected chi connectivity index (χ3v) is 2.28. The number of amides is 1. The van der Waals surface area contributed by atoms with Crippen molar-refractivity contribution in [3.8, 4) is 0 Å². The quantitative estimate of drug-likeness (QED) is 0.852. The molecule has 0 aliphatic heterocycles. The maximum atomic E-state index is 10.8. The van der Waals surface area contributed by atoms with Crippen molar-refractivity contribution in [2.75, 3.05) is 6.54 Å². The lowest BCUT2D eigenvalue weighted by atomic mass is 10.2. The van der Waals surface area contributed by atoms with Gasteiger partial charge >= 0.3 is 0 Å². The van der Waals surface area contributed by atoms with Gasteiger partial charge in [-0.2, -0.15) is 0 Å². The van der Waals surface area contributed by atoms with Gasteiger partial charge in [-0.25, -0.2) is 0 Å². The molecule has 0 aliphatic rings. The number of carboxylic acid groups (broad SMARTS) is 1. The topological polar surface area (TPSA) is 63.6 Å². The Labute approximate surface area is 99.1 Å². The van der Waals surface area contributed by atoms with Crippen LogP contribution >= 0.6 is 11.6 Å². The molecule has 0 radical (unpaired) electrons. The lowest BCUT2D eigenvalue weighted by Gasteiger charge is -2.26. The largest absolute Gasteiger partial charge is 0.530 e. The van der Waals surface area contributed by atoms with E-state index in [1.165, 1.54) is 6.92 Å². The maximum absolute atomic E-state index is 10.8. The number of hydrogen-bond acceptors (Lipinski definition) is 3. The molecular formula is C11H13ClNO3-. The zero-order valence-corrected chi connectivity index (χ0v) is 9.65. The Bertz CT molecular complexity index is 351. The van der Waals surface area contributed by atoms with Crippen molar-refractivity contribution in [1.29, 1.82) is 0 Å². The zero-order chi connectivity index (χ0) is 12.1. The zero-order valence-electron chi connectivity index (χ0n) is 8.89. The van der Waals surface area contributed by atoms with E-state index < -0.39 is 12.2 Å². The molecule has 1 aromatic carbocycles. The van der Waals surface area contributed by atoms with Crippen LogP contribution in [0.2, 0.25) is 5.02 Å². The molecule has 0 saturated heterocycles. The molecule has 0 fully saturated rings. The van der Waals surface area contributed by atoms with Crippen molar-refractivity contribution in [1.82, 2.24) is 4.90 Å². The highest BCUT2D eigenvalue weighted by molar-refractivity contribution is 6.30. The molecule has 0 aliphatic carbocycles. The summed E-state index contributed by atoms with van der Waals surface area (Å²) in [6.07, 6.45) is -2.01. The summed E-state index contributed by atoms with van der Waals surface area (Å²) < 4.78 is 0. The number of halogens is 1. The van der Waals surface area contributed by atoms with Crippen LogP contribution in [0.3, 0.4) is 0 Å². The average Bonchev–Trinajstić information content (AvgIpc) is 2.19. The summed E-state index contributed by atoms with van der Waals surface area (Å²) in [7, 11) is 0. The van der Waals surface area contributed by atoms with Crippen molar-refractivity contribution in [2.24, 2.45) is 0 Å². The Morgan fingerprint density at radius 1 is 1.50 bits per heavy atom. The van der Waals surface area contributed by atoms with E-state index in [9.17, 15) is 9.90 Å². The molecule has 0 heterocycles. The minimum Gasteiger partial charge on any atom is -0.530 e. The van der Waals surface area contributed by atoms with Crippen molar-refractivity contribution in [2.45, 2.75) is 19.6 Å². The molecule has 0 bridgehead atoms. The highest BCUT2D eigenvalue weighted by atomic mass is 35.5. The highest BCUT2D eigenvalue weighted by Gasteiger charge is 2.08. The second-order valence-electron chi connectivity index (χ2n) is 3.62. The second kappa shape index (κ2) is 5.72. The molecule has 0 saturated carbocycles. The fraction of sp³-hybridized carbons (Fsp3) is 0.364. The van der Waals surface area contributed by atoms with Gasteiger partial charge in [-0.3, -0.25) is 0 Å². The van der Waals surface area contributed by atoms with Gasteiger partial charge in [0.1, 0.15) is 6.09 Å². The summed E-state index contributed by atoms with van der Waals surface area (Å²) >= 11 is 5.71. The maximum Gasteiger partial charge on any atom is 0.137 e. The van der Waals surface area contributed by atoms with Crippen molar-refractivity contribution in [3.05, 3.63) is 34.9 Å². The molecule has 0 spiro atoms. The van der Waals surface area contributed by atoms with E-state index in [1.807, 2.05) is 0 Å². The number of benzene rings is 1. The molecule has 4 nitrogen and oxygen atoms in total. The Hall–Kier alpha value is -1.26. The molecule has 1 atom stereocenters. The molecule has 1 aromatic rings.